The van der Waals surface area contributed by atoms with Crippen molar-refractivity contribution in [3.63, 3.8) is 0 Å². The molecule has 0 aromatic heterocycles. The van der Waals surface area contributed by atoms with Gasteiger partial charge >= 0.3 is 0 Å². The fourth-order valence-electron chi connectivity index (χ4n) is 3.40. The second-order valence-electron chi connectivity index (χ2n) is 7.16. The normalized spacial score (nSPS) is 18.3. The van der Waals surface area contributed by atoms with Crippen molar-refractivity contribution in [2.75, 3.05) is 0 Å². The first kappa shape index (κ1) is 18.8. The molecule has 138 valence electrons. The quantitative estimate of drug-likeness (QED) is 0.577. The Hall–Kier alpha value is -2.94. The van der Waals surface area contributed by atoms with Crippen molar-refractivity contribution in [2.45, 2.75) is 32.6 Å². The molecule has 1 amide bonds. The molecule has 3 heteroatoms. The third kappa shape index (κ3) is 4.62. The number of hydrogen-bond donors (Lipinski definition) is 1. The van der Waals surface area contributed by atoms with E-state index in [0.29, 0.717) is 5.92 Å². The topological polar surface area (TPSA) is 41.5 Å². The van der Waals surface area contributed by atoms with E-state index in [1.54, 1.807) is 0 Å². The third-order valence-electron chi connectivity index (χ3n) is 5.13. The van der Waals surface area contributed by atoms with Crippen LogP contribution < -0.4 is 5.43 Å². The minimum absolute atomic E-state index is 0.120. The standard InChI is InChI=1S/C24H26N2O/c1-17(2)21-15-14-18(3)22(16-21)25-26-24(27)23(19-10-6-4-7-11-19)20-12-8-5-9-13-20/h4-14,21,23H,1,15-16H2,2-3H3,(H,26,27)/b25-22+. The van der Waals surface area contributed by atoms with Crippen molar-refractivity contribution >= 4 is 11.6 Å². The molecule has 0 saturated carbocycles. The van der Waals surface area contributed by atoms with Crippen LogP contribution in [0.15, 0.2) is 89.6 Å². The van der Waals surface area contributed by atoms with Crippen LogP contribution >= 0.6 is 0 Å². The molecule has 0 aliphatic heterocycles. The molecule has 1 aliphatic carbocycles. The summed E-state index contributed by atoms with van der Waals surface area (Å²) < 4.78 is 0. The number of hydrazone groups is 1. The molecule has 2 aromatic carbocycles. The molecule has 1 N–H and O–H groups in total. The van der Waals surface area contributed by atoms with Crippen LogP contribution in [0.5, 0.6) is 0 Å². The van der Waals surface area contributed by atoms with Crippen molar-refractivity contribution in [3.8, 4) is 0 Å². The van der Waals surface area contributed by atoms with Crippen LogP contribution in [0.2, 0.25) is 0 Å². The Morgan fingerprint density at radius 1 is 1.07 bits per heavy atom. The van der Waals surface area contributed by atoms with E-state index in [9.17, 15) is 4.79 Å². The van der Waals surface area contributed by atoms with E-state index in [4.69, 9.17) is 0 Å². The average Bonchev–Trinajstić information content (AvgIpc) is 2.69. The van der Waals surface area contributed by atoms with E-state index in [1.807, 2.05) is 67.6 Å². The van der Waals surface area contributed by atoms with Gasteiger partial charge in [0.25, 0.3) is 5.91 Å². The number of allylic oxidation sites excluding steroid dienone is 3. The van der Waals surface area contributed by atoms with E-state index in [-0.39, 0.29) is 11.8 Å². The molecule has 0 radical (unpaired) electrons. The highest BCUT2D eigenvalue weighted by Crippen LogP contribution is 2.27. The highest BCUT2D eigenvalue weighted by Gasteiger charge is 2.23. The van der Waals surface area contributed by atoms with E-state index in [2.05, 4.69) is 30.1 Å². The average molecular weight is 358 g/mol. The first-order valence-corrected chi connectivity index (χ1v) is 9.35. The number of nitrogens with zero attached hydrogens (tertiary/aromatic N) is 1. The number of amides is 1. The fourth-order valence-corrected chi connectivity index (χ4v) is 3.40. The minimum atomic E-state index is -0.387. The lowest BCUT2D eigenvalue weighted by molar-refractivity contribution is -0.121. The van der Waals surface area contributed by atoms with Gasteiger partial charge in [-0.3, -0.25) is 4.79 Å². The van der Waals surface area contributed by atoms with E-state index < -0.39 is 0 Å². The van der Waals surface area contributed by atoms with Crippen LogP contribution in [-0.2, 0) is 4.79 Å². The van der Waals surface area contributed by atoms with Gasteiger partial charge in [-0.25, -0.2) is 5.43 Å². The maximum absolute atomic E-state index is 13.1. The zero-order valence-electron chi connectivity index (χ0n) is 16.0. The Bertz CT molecular complexity index is 826. The molecule has 0 fully saturated rings. The highest BCUT2D eigenvalue weighted by atomic mass is 16.2. The summed E-state index contributed by atoms with van der Waals surface area (Å²) in [4.78, 5) is 13.1. The Labute approximate surface area is 161 Å². The molecule has 0 saturated heterocycles. The van der Waals surface area contributed by atoms with Gasteiger partial charge in [0.05, 0.1) is 11.6 Å². The van der Waals surface area contributed by atoms with Crippen molar-refractivity contribution < 1.29 is 4.79 Å². The molecular formula is C24H26N2O. The number of hydrogen-bond acceptors (Lipinski definition) is 2. The van der Waals surface area contributed by atoms with Gasteiger partial charge in [-0.1, -0.05) is 78.9 Å². The Morgan fingerprint density at radius 2 is 1.63 bits per heavy atom. The molecule has 2 aromatic rings. The number of carbonyl (C=O) groups is 1. The molecule has 3 rings (SSSR count). The summed E-state index contributed by atoms with van der Waals surface area (Å²) in [6, 6.07) is 19.6. The largest absolute Gasteiger partial charge is 0.272 e. The zero-order valence-corrected chi connectivity index (χ0v) is 16.0. The molecule has 0 spiro atoms. The molecule has 0 bridgehead atoms. The number of benzene rings is 2. The fraction of sp³-hybridized carbons (Fsp3) is 0.250. The summed E-state index contributed by atoms with van der Waals surface area (Å²) in [6.45, 7) is 8.17. The summed E-state index contributed by atoms with van der Waals surface area (Å²) >= 11 is 0. The highest BCUT2D eigenvalue weighted by molar-refractivity contribution is 6.01. The zero-order chi connectivity index (χ0) is 19.2. The summed E-state index contributed by atoms with van der Waals surface area (Å²) in [5, 5.41) is 4.48. The molecule has 1 unspecified atom stereocenters. The SMILES string of the molecule is C=C(C)C1CC=C(C)/C(=N/NC(=O)C(c2ccccc2)c2ccccc2)C1. The van der Waals surface area contributed by atoms with Gasteiger partial charge in [0.1, 0.15) is 0 Å². The van der Waals surface area contributed by atoms with Gasteiger partial charge in [-0.2, -0.15) is 5.10 Å². The molecular weight excluding hydrogens is 332 g/mol. The van der Waals surface area contributed by atoms with Crippen LogP contribution in [-0.4, -0.2) is 11.6 Å². The monoisotopic (exact) mass is 358 g/mol. The molecule has 1 aliphatic rings. The van der Waals surface area contributed by atoms with Crippen molar-refractivity contribution in [1.29, 1.82) is 0 Å². The molecule has 1 atom stereocenters. The number of carbonyl (C=O) groups excluding carboxylic acids is 1. The van der Waals surface area contributed by atoms with Crippen LogP contribution in [0.25, 0.3) is 0 Å². The summed E-state index contributed by atoms with van der Waals surface area (Å²) in [5.74, 6) is -0.116. The lowest BCUT2D eigenvalue weighted by Crippen LogP contribution is -2.28. The molecule has 3 nitrogen and oxygen atoms in total. The second-order valence-corrected chi connectivity index (χ2v) is 7.16. The van der Waals surface area contributed by atoms with Crippen molar-refractivity contribution in [2.24, 2.45) is 11.0 Å². The van der Waals surface area contributed by atoms with Crippen molar-refractivity contribution in [3.05, 3.63) is 95.6 Å². The summed E-state index contributed by atoms with van der Waals surface area (Å²) in [7, 11) is 0. The third-order valence-corrected chi connectivity index (χ3v) is 5.13. The van der Waals surface area contributed by atoms with Gasteiger partial charge in [-0.15, -0.1) is 0 Å². The van der Waals surface area contributed by atoms with Crippen molar-refractivity contribution in [1.82, 2.24) is 5.43 Å². The maximum Gasteiger partial charge on any atom is 0.252 e. The lowest BCUT2D eigenvalue weighted by atomic mass is 9.85. The molecule has 0 heterocycles. The minimum Gasteiger partial charge on any atom is -0.272 e. The van der Waals surface area contributed by atoms with Crippen LogP contribution in [0.4, 0.5) is 0 Å². The van der Waals surface area contributed by atoms with Gasteiger partial charge in [-0.05, 0) is 49.3 Å². The smallest absolute Gasteiger partial charge is 0.252 e. The summed E-state index contributed by atoms with van der Waals surface area (Å²) in [6.07, 6.45) is 3.99. The van der Waals surface area contributed by atoms with Crippen LogP contribution in [0.3, 0.4) is 0 Å². The maximum atomic E-state index is 13.1. The van der Waals surface area contributed by atoms with Crippen LogP contribution in [0, 0.1) is 5.92 Å². The lowest BCUT2D eigenvalue weighted by Gasteiger charge is -2.23. The van der Waals surface area contributed by atoms with Gasteiger partial charge < -0.3 is 0 Å². The summed E-state index contributed by atoms with van der Waals surface area (Å²) in [5.41, 5.74) is 7.95. The predicted octanol–water partition coefficient (Wildman–Crippen LogP) is 5.22. The Kier molecular flexibility index (Phi) is 6.02. The Morgan fingerprint density at radius 3 is 2.15 bits per heavy atom. The first-order valence-electron chi connectivity index (χ1n) is 9.35. The number of nitrogens with one attached hydrogen (secondary N) is 1. The second kappa shape index (κ2) is 8.63. The van der Waals surface area contributed by atoms with Gasteiger partial charge in [0.2, 0.25) is 0 Å². The van der Waals surface area contributed by atoms with Gasteiger partial charge in [0, 0.05) is 0 Å². The number of rotatable bonds is 5. The molecule has 27 heavy (non-hydrogen) atoms. The van der Waals surface area contributed by atoms with E-state index in [1.165, 1.54) is 0 Å². The Balaban J connectivity index is 1.84. The van der Waals surface area contributed by atoms with E-state index in [0.717, 1.165) is 40.8 Å². The predicted molar refractivity (Wildman–Crippen MR) is 112 cm³/mol. The van der Waals surface area contributed by atoms with E-state index >= 15 is 0 Å². The van der Waals surface area contributed by atoms with Gasteiger partial charge in [0.15, 0.2) is 0 Å². The first-order chi connectivity index (χ1) is 13.1. The van der Waals surface area contributed by atoms with Crippen LogP contribution in [0.1, 0.15) is 43.7 Å².